The Balaban J connectivity index is 1.68. The molecule has 0 bridgehead atoms. The number of amides is 1. The van der Waals surface area contributed by atoms with Gasteiger partial charge in [0.2, 0.25) is 6.41 Å². The zero-order valence-corrected chi connectivity index (χ0v) is 18.1. The number of hydrazine groups is 1. The molecule has 4 rings (SSSR count). The van der Waals surface area contributed by atoms with E-state index in [1.54, 1.807) is 42.9 Å². The van der Waals surface area contributed by atoms with Crippen LogP contribution >= 0.6 is 11.6 Å². The first kappa shape index (κ1) is 23.1. The van der Waals surface area contributed by atoms with Crippen LogP contribution in [0.1, 0.15) is 11.3 Å². The quantitative estimate of drug-likeness (QED) is 0.284. The lowest BCUT2D eigenvalue weighted by molar-refractivity contribution is -0.137. The molecule has 3 heterocycles. The molecule has 0 saturated carbocycles. The molecule has 0 atom stereocenters. The molecule has 0 saturated heterocycles. The summed E-state index contributed by atoms with van der Waals surface area (Å²) in [5.74, 6) is 0.262. The molecule has 172 valence electrons. The van der Waals surface area contributed by atoms with E-state index in [9.17, 15) is 18.0 Å². The minimum absolute atomic E-state index is 0.107. The molecule has 1 N–H and O–H groups in total. The molecule has 34 heavy (non-hydrogen) atoms. The highest BCUT2D eigenvalue weighted by molar-refractivity contribution is 6.30. The van der Waals surface area contributed by atoms with Crippen molar-refractivity contribution in [2.75, 3.05) is 5.43 Å². The van der Waals surface area contributed by atoms with Gasteiger partial charge >= 0.3 is 6.18 Å². The SMILES string of the molecule is O=CN(Cc1ccc(C(F)(F)F)cn1)Nc1nncc(-c2ccc(Cl)cc2)c1-c1ccncc1. The van der Waals surface area contributed by atoms with Crippen LogP contribution in [0.5, 0.6) is 0 Å². The summed E-state index contributed by atoms with van der Waals surface area (Å²) in [5.41, 5.74) is 5.21. The zero-order chi connectivity index (χ0) is 24.1. The van der Waals surface area contributed by atoms with Gasteiger partial charge in [-0.05, 0) is 47.5 Å². The third-order valence-electron chi connectivity index (χ3n) is 4.84. The van der Waals surface area contributed by atoms with Gasteiger partial charge in [-0.25, -0.2) is 0 Å². The number of pyridine rings is 2. The first-order valence-corrected chi connectivity index (χ1v) is 10.3. The maximum absolute atomic E-state index is 12.8. The van der Waals surface area contributed by atoms with E-state index in [0.29, 0.717) is 17.0 Å². The highest BCUT2D eigenvalue weighted by Gasteiger charge is 2.30. The van der Waals surface area contributed by atoms with E-state index in [1.807, 2.05) is 12.1 Å². The number of carbonyl (C=O) groups is 1. The van der Waals surface area contributed by atoms with E-state index < -0.39 is 11.7 Å². The molecule has 0 radical (unpaired) electrons. The lowest BCUT2D eigenvalue weighted by Crippen LogP contribution is -2.29. The van der Waals surface area contributed by atoms with Crippen molar-refractivity contribution < 1.29 is 18.0 Å². The Bertz CT molecular complexity index is 1270. The summed E-state index contributed by atoms with van der Waals surface area (Å²) in [6.07, 6.45) is 1.55. The third kappa shape index (κ3) is 5.29. The first-order chi connectivity index (χ1) is 16.3. The number of alkyl halides is 3. The smallest absolute Gasteiger partial charge is 0.277 e. The number of halogens is 4. The van der Waals surface area contributed by atoms with E-state index in [-0.39, 0.29) is 18.1 Å². The fourth-order valence-corrected chi connectivity index (χ4v) is 3.35. The first-order valence-electron chi connectivity index (χ1n) is 9.88. The van der Waals surface area contributed by atoms with Gasteiger partial charge in [0.15, 0.2) is 5.82 Å². The van der Waals surface area contributed by atoms with Crippen molar-refractivity contribution in [3.05, 3.63) is 89.6 Å². The fourth-order valence-electron chi connectivity index (χ4n) is 3.22. The monoisotopic (exact) mass is 484 g/mol. The number of rotatable bonds is 7. The minimum atomic E-state index is -4.49. The van der Waals surface area contributed by atoms with Gasteiger partial charge in [-0.3, -0.25) is 25.2 Å². The zero-order valence-electron chi connectivity index (χ0n) is 17.4. The summed E-state index contributed by atoms with van der Waals surface area (Å²) < 4.78 is 38.4. The molecular weight excluding hydrogens is 469 g/mol. The second-order valence-electron chi connectivity index (χ2n) is 7.11. The Morgan fingerprint density at radius 1 is 0.971 bits per heavy atom. The summed E-state index contributed by atoms with van der Waals surface area (Å²) in [6.45, 7) is -0.107. The second-order valence-corrected chi connectivity index (χ2v) is 7.54. The molecular formula is C23H16ClF3N6O. The van der Waals surface area contributed by atoms with Crippen LogP contribution < -0.4 is 5.43 Å². The van der Waals surface area contributed by atoms with Crippen LogP contribution in [0, 0.1) is 0 Å². The van der Waals surface area contributed by atoms with Crippen molar-refractivity contribution >= 4 is 23.8 Å². The van der Waals surface area contributed by atoms with E-state index in [1.165, 1.54) is 6.07 Å². The van der Waals surface area contributed by atoms with E-state index in [0.717, 1.165) is 34.0 Å². The molecule has 7 nitrogen and oxygen atoms in total. The number of benzene rings is 1. The van der Waals surface area contributed by atoms with Gasteiger partial charge < -0.3 is 0 Å². The van der Waals surface area contributed by atoms with Crippen molar-refractivity contribution in [1.82, 2.24) is 25.2 Å². The van der Waals surface area contributed by atoms with Crippen LogP contribution in [-0.4, -0.2) is 31.6 Å². The molecule has 1 aromatic carbocycles. The van der Waals surface area contributed by atoms with E-state index >= 15 is 0 Å². The fraction of sp³-hybridized carbons (Fsp3) is 0.0870. The summed E-state index contributed by atoms with van der Waals surface area (Å²) in [4.78, 5) is 19.6. The molecule has 11 heteroatoms. The number of hydrogen-bond donors (Lipinski definition) is 1. The lowest BCUT2D eigenvalue weighted by atomic mass is 9.97. The van der Waals surface area contributed by atoms with Crippen LogP contribution in [0.4, 0.5) is 19.0 Å². The van der Waals surface area contributed by atoms with Gasteiger partial charge in [-0.1, -0.05) is 23.7 Å². The van der Waals surface area contributed by atoms with Crippen molar-refractivity contribution in [1.29, 1.82) is 0 Å². The van der Waals surface area contributed by atoms with Crippen LogP contribution in [0.2, 0.25) is 5.02 Å². The number of nitrogens with zero attached hydrogens (tertiary/aromatic N) is 5. The summed E-state index contributed by atoms with van der Waals surface area (Å²) in [7, 11) is 0. The molecule has 0 aliphatic carbocycles. The summed E-state index contributed by atoms with van der Waals surface area (Å²) in [5, 5.41) is 9.91. The summed E-state index contributed by atoms with van der Waals surface area (Å²) in [6, 6.07) is 12.8. The van der Waals surface area contributed by atoms with Gasteiger partial charge in [-0.2, -0.15) is 18.3 Å². The van der Waals surface area contributed by atoms with Crippen LogP contribution in [-0.2, 0) is 17.5 Å². The average Bonchev–Trinajstić information content (AvgIpc) is 2.84. The Morgan fingerprint density at radius 3 is 2.32 bits per heavy atom. The van der Waals surface area contributed by atoms with E-state index in [2.05, 4.69) is 25.6 Å². The van der Waals surface area contributed by atoms with Crippen LogP contribution in [0.3, 0.4) is 0 Å². The number of nitrogens with one attached hydrogen (secondary N) is 1. The third-order valence-corrected chi connectivity index (χ3v) is 5.09. The molecule has 3 aromatic heterocycles. The van der Waals surface area contributed by atoms with Crippen molar-refractivity contribution in [3.63, 3.8) is 0 Å². The number of carbonyl (C=O) groups excluding carboxylic acids is 1. The normalized spacial score (nSPS) is 11.2. The molecule has 0 unspecified atom stereocenters. The van der Waals surface area contributed by atoms with Gasteiger partial charge in [0, 0.05) is 34.7 Å². The van der Waals surface area contributed by atoms with Crippen molar-refractivity contribution in [3.8, 4) is 22.3 Å². The maximum atomic E-state index is 12.8. The lowest BCUT2D eigenvalue weighted by Gasteiger charge is -2.21. The Morgan fingerprint density at radius 2 is 1.71 bits per heavy atom. The highest BCUT2D eigenvalue weighted by Crippen LogP contribution is 2.36. The number of aromatic nitrogens is 4. The van der Waals surface area contributed by atoms with Gasteiger partial charge in [0.05, 0.1) is 24.0 Å². The molecule has 0 aliphatic heterocycles. The minimum Gasteiger partial charge on any atom is -0.277 e. The van der Waals surface area contributed by atoms with Crippen molar-refractivity contribution in [2.24, 2.45) is 0 Å². The van der Waals surface area contributed by atoms with Gasteiger partial charge in [0.1, 0.15) is 0 Å². The highest BCUT2D eigenvalue weighted by atomic mass is 35.5. The molecule has 0 spiro atoms. The van der Waals surface area contributed by atoms with Crippen molar-refractivity contribution in [2.45, 2.75) is 12.7 Å². The number of hydrogen-bond acceptors (Lipinski definition) is 6. The van der Waals surface area contributed by atoms with Crippen LogP contribution in [0.25, 0.3) is 22.3 Å². The largest absolute Gasteiger partial charge is 0.417 e. The molecule has 0 aliphatic rings. The molecule has 1 amide bonds. The second kappa shape index (κ2) is 9.84. The predicted octanol–water partition coefficient (Wildman–Crippen LogP) is 5.26. The molecule has 4 aromatic rings. The topological polar surface area (TPSA) is 83.9 Å². The van der Waals surface area contributed by atoms with E-state index in [4.69, 9.17) is 11.6 Å². The standard InChI is InChI=1S/C23H16ClF3N6O/c24-18-4-1-15(2-5-18)20-12-30-31-22(21(20)16-7-9-28-10-8-16)32-33(14-34)13-19-6-3-17(11-29-19)23(25,26)27/h1-12,14H,13H2,(H,31,32). The van der Waals surface area contributed by atoms with Gasteiger partial charge in [-0.15, -0.1) is 5.10 Å². The predicted molar refractivity (Wildman–Crippen MR) is 120 cm³/mol. The Labute approximate surface area is 197 Å². The molecule has 0 fully saturated rings. The van der Waals surface area contributed by atoms with Gasteiger partial charge in [0.25, 0.3) is 0 Å². The Hall–Kier alpha value is -4.05. The number of anilines is 1. The maximum Gasteiger partial charge on any atom is 0.417 e. The Kier molecular flexibility index (Phi) is 6.69. The van der Waals surface area contributed by atoms with Crippen LogP contribution in [0.15, 0.2) is 73.3 Å². The average molecular weight is 485 g/mol. The summed E-state index contributed by atoms with van der Waals surface area (Å²) >= 11 is 6.02.